The lowest BCUT2D eigenvalue weighted by molar-refractivity contribution is -0.141. The molecule has 0 bridgehead atoms. The number of hydrogen-bond acceptors (Lipinski definition) is 6. The first-order valence-corrected chi connectivity index (χ1v) is 10.2. The maximum Gasteiger partial charge on any atom is 0.253 e. The van der Waals surface area contributed by atoms with Crippen LogP contribution in [0, 0.1) is 5.92 Å². The smallest absolute Gasteiger partial charge is 0.253 e. The van der Waals surface area contributed by atoms with Crippen molar-refractivity contribution in [2.45, 2.75) is 52.7 Å². The van der Waals surface area contributed by atoms with Crippen LogP contribution in [-0.2, 0) is 22.5 Å². The van der Waals surface area contributed by atoms with Crippen molar-refractivity contribution in [3.8, 4) is 0 Å². The zero-order chi connectivity index (χ0) is 20.3. The highest BCUT2D eigenvalue weighted by atomic mass is 16.5. The Balaban J connectivity index is 2.00. The average molecular weight is 389 g/mol. The van der Waals surface area contributed by atoms with Gasteiger partial charge in [0.15, 0.2) is 11.8 Å². The number of morpholine rings is 1. The van der Waals surface area contributed by atoms with Crippen molar-refractivity contribution in [2.75, 3.05) is 38.7 Å². The summed E-state index contributed by atoms with van der Waals surface area (Å²) >= 11 is 0. The third-order valence-electron chi connectivity index (χ3n) is 4.99. The van der Waals surface area contributed by atoms with Crippen LogP contribution in [0.4, 0.5) is 5.82 Å². The number of aromatic nitrogens is 4. The van der Waals surface area contributed by atoms with Gasteiger partial charge in [-0.1, -0.05) is 27.2 Å². The number of rotatable bonds is 7. The van der Waals surface area contributed by atoms with E-state index in [1.54, 1.807) is 25.3 Å². The second kappa shape index (κ2) is 8.86. The van der Waals surface area contributed by atoms with Crippen molar-refractivity contribution in [3.63, 3.8) is 0 Å². The second-order valence-electron chi connectivity index (χ2n) is 8.06. The summed E-state index contributed by atoms with van der Waals surface area (Å²) in [5.74, 6) is 1.33. The van der Waals surface area contributed by atoms with Crippen LogP contribution >= 0.6 is 0 Å². The fraction of sp³-hybridized carbons (Fsp3) is 0.700. The predicted molar refractivity (Wildman–Crippen MR) is 109 cm³/mol. The van der Waals surface area contributed by atoms with Gasteiger partial charge in [-0.15, -0.1) is 0 Å². The van der Waals surface area contributed by atoms with Gasteiger partial charge < -0.3 is 14.5 Å². The van der Waals surface area contributed by atoms with Crippen LogP contribution in [0.15, 0.2) is 6.33 Å². The summed E-state index contributed by atoms with van der Waals surface area (Å²) in [6.07, 6.45) is 4.18. The Morgan fingerprint density at radius 1 is 1.36 bits per heavy atom. The van der Waals surface area contributed by atoms with Crippen molar-refractivity contribution in [2.24, 2.45) is 5.92 Å². The first-order valence-electron chi connectivity index (χ1n) is 10.2. The molecule has 0 N–H and O–H groups in total. The largest absolute Gasteiger partial charge is 0.365 e. The number of aryl methyl sites for hydroxylation is 1. The van der Waals surface area contributed by atoms with Crippen molar-refractivity contribution < 1.29 is 9.53 Å². The molecule has 8 nitrogen and oxygen atoms in total. The quantitative estimate of drug-likeness (QED) is 0.723. The normalized spacial score (nSPS) is 17.5. The molecule has 0 saturated carbocycles. The molecule has 3 rings (SSSR count). The van der Waals surface area contributed by atoms with Gasteiger partial charge in [-0.05, 0) is 18.8 Å². The van der Waals surface area contributed by atoms with Gasteiger partial charge in [-0.3, -0.25) is 4.79 Å². The average Bonchev–Trinajstić information content (AvgIpc) is 3.02. The number of fused-ring (bicyclic) bond motifs is 1. The minimum absolute atomic E-state index is 0.0176. The molecule has 1 atom stereocenters. The Labute approximate surface area is 166 Å². The molecule has 0 aliphatic carbocycles. The number of amides is 1. The van der Waals surface area contributed by atoms with E-state index in [1.165, 1.54) is 0 Å². The van der Waals surface area contributed by atoms with Gasteiger partial charge in [0.1, 0.15) is 12.1 Å². The minimum atomic E-state index is -0.475. The molecule has 1 saturated heterocycles. The van der Waals surface area contributed by atoms with Crippen LogP contribution in [0.2, 0.25) is 0 Å². The van der Waals surface area contributed by atoms with Crippen LogP contribution in [-0.4, -0.2) is 70.5 Å². The highest BCUT2D eigenvalue weighted by Gasteiger charge is 2.30. The van der Waals surface area contributed by atoms with E-state index in [0.717, 1.165) is 48.4 Å². The van der Waals surface area contributed by atoms with Gasteiger partial charge in [0.25, 0.3) is 5.91 Å². The Morgan fingerprint density at radius 2 is 2.14 bits per heavy atom. The lowest BCUT2D eigenvalue weighted by Gasteiger charge is -2.34. The predicted octanol–water partition coefficient (Wildman–Crippen LogP) is 2.12. The van der Waals surface area contributed by atoms with Gasteiger partial charge in [-0.25, -0.2) is 14.6 Å². The minimum Gasteiger partial charge on any atom is -0.365 e. The van der Waals surface area contributed by atoms with E-state index in [1.807, 2.05) is 4.68 Å². The van der Waals surface area contributed by atoms with E-state index in [9.17, 15) is 4.79 Å². The number of ether oxygens (including phenoxy) is 1. The van der Waals surface area contributed by atoms with Crippen molar-refractivity contribution >= 4 is 22.8 Å². The van der Waals surface area contributed by atoms with Gasteiger partial charge in [-0.2, -0.15) is 5.10 Å². The fourth-order valence-corrected chi connectivity index (χ4v) is 3.58. The van der Waals surface area contributed by atoms with E-state index in [-0.39, 0.29) is 5.91 Å². The van der Waals surface area contributed by atoms with E-state index in [4.69, 9.17) is 9.84 Å². The summed E-state index contributed by atoms with van der Waals surface area (Å²) in [5, 5.41) is 5.90. The molecule has 1 aliphatic heterocycles. The third-order valence-corrected chi connectivity index (χ3v) is 4.99. The van der Waals surface area contributed by atoms with Crippen LogP contribution in [0.5, 0.6) is 0 Å². The van der Waals surface area contributed by atoms with Crippen molar-refractivity contribution in [1.29, 1.82) is 0 Å². The van der Waals surface area contributed by atoms with Gasteiger partial charge in [0.05, 0.1) is 24.2 Å². The topological polar surface area (TPSA) is 76.4 Å². The van der Waals surface area contributed by atoms with Crippen molar-refractivity contribution in [1.82, 2.24) is 24.6 Å². The third kappa shape index (κ3) is 4.27. The number of carbonyl (C=O) groups is 1. The van der Waals surface area contributed by atoms with E-state index >= 15 is 0 Å². The molecule has 0 radical (unpaired) electrons. The lowest BCUT2D eigenvalue weighted by atomic mass is 10.1. The summed E-state index contributed by atoms with van der Waals surface area (Å²) in [4.78, 5) is 25.3. The molecule has 1 fully saturated rings. The Morgan fingerprint density at radius 3 is 2.82 bits per heavy atom. The van der Waals surface area contributed by atoms with E-state index in [0.29, 0.717) is 25.6 Å². The van der Waals surface area contributed by atoms with Crippen molar-refractivity contribution in [3.05, 3.63) is 12.0 Å². The summed E-state index contributed by atoms with van der Waals surface area (Å²) in [7, 11) is 3.51. The van der Waals surface area contributed by atoms with Gasteiger partial charge in [0.2, 0.25) is 0 Å². The van der Waals surface area contributed by atoms with Gasteiger partial charge in [0, 0.05) is 27.2 Å². The number of nitrogens with zero attached hydrogens (tertiary/aromatic N) is 6. The number of carbonyl (C=O) groups excluding carboxylic acids is 1. The van der Waals surface area contributed by atoms with E-state index < -0.39 is 6.10 Å². The number of likely N-dealkylation sites (N-methyl/N-ethyl adjacent to an activating group) is 1. The highest BCUT2D eigenvalue weighted by Crippen LogP contribution is 2.29. The summed E-state index contributed by atoms with van der Waals surface area (Å²) in [5.41, 5.74) is 1.93. The fourth-order valence-electron chi connectivity index (χ4n) is 3.58. The molecular weight excluding hydrogens is 356 g/mol. The monoisotopic (exact) mass is 388 g/mol. The van der Waals surface area contributed by atoms with E-state index in [2.05, 4.69) is 35.6 Å². The molecule has 3 heterocycles. The molecule has 0 aromatic carbocycles. The Bertz CT molecular complexity index is 816. The molecule has 8 heteroatoms. The molecule has 154 valence electrons. The zero-order valence-electron chi connectivity index (χ0n) is 17.7. The first kappa shape index (κ1) is 20.5. The molecule has 1 aliphatic rings. The molecule has 1 unspecified atom stereocenters. The van der Waals surface area contributed by atoms with Crippen LogP contribution in [0.25, 0.3) is 11.0 Å². The Hall–Kier alpha value is -2.22. The highest BCUT2D eigenvalue weighted by molar-refractivity contribution is 5.90. The number of hydrogen-bond donors (Lipinski definition) is 0. The number of anilines is 1. The van der Waals surface area contributed by atoms with Gasteiger partial charge >= 0.3 is 0 Å². The molecule has 2 aromatic rings. The maximum atomic E-state index is 12.4. The standard InChI is InChI=1S/C20H32N6O2/c1-6-7-8-26-19-17(15(23-26)11-14(2)3)18(21-13-22-19)25-9-10-28-16(12-25)20(27)24(4)5/h13-14,16H,6-12H2,1-5H3. The lowest BCUT2D eigenvalue weighted by Crippen LogP contribution is -2.49. The molecule has 0 spiro atoms. The summed E-state index contributed by atoms with van der Waals surface area (Å²) in [6.45, 7) is 9.11. The molecule has 2 aromatic heterocycles. The van der Waals surface area contributed by atoms with Crippen LogP contribution < -0.4 is 4.90 Å². The summed E-state index contributed by atoms with van der Waals surface area (Å²) in [6, 6.07) is 0. The second-order valence-corrected chi connectivity index (χ2v) is 8.06. The SMILES string of the molecule is CCCCn1nc(CC(C)C)c2c(N3CCOC(C(=O)N(C)C)C3)ncnc21. The van der Waals surface area contributed by atoms with Crippen LogP contribution in [0.1, 0.15) is 39.3 Å². The maximum absolute atomic E-state index is 12.4. The summed E-state index contributed by atoms with van der Waals surface area (Å²) < 4.78 is 7.74. The van der Waals surface area contributed by atoms with Crippen LogP contribution in [0.3, 0.4) is 0 Å². The molecule has 1 amide bonds. The number of unbranched alkanes of at least 4 members (excludes halogenated alkanes) is 1. The Kier molecular flexibility index (Phi) is 6.49. The molecule has 28 heavy (non-hydrogen) atoms. The zero-order valence-corrected chi connectivity index (χ0v) is 17.7. The first-order chi connectivity index (χ1) is 13.4. The molecular formula is C20H32N6O2.